The molecule has 1 unspecified atom stereocenters. The van der Waals surface area contributed by atoms with Crippen molar-refractivity contribution in [3.05, 3.63) is 83.0 Å². The average Bonchev–Trinajstić information content (AvgIpc) is 2.82. The van der Waals surface area contributed by atoms with Crippen LogP contribution in [0.3, 0.4) is 0 Å². The minimum absolute atomic E-state index is 0.0213. The fourth-order valence-electron chi connectivity index (χ4n) is 4.21. The molecule has 4 rings (SSSR count). The van der Waals surface area contributed by atoms with Gasteiger partial charge in [0.2, 0.25) is 5.91 Å². The number of anilines is 1. The first kappa shape index (κ1) is 23.6. The molecule has 2 N–H and O–H groups in total. The number of ketones is 1. The van der Waals surface area contributed by atoms with Crippen molar-refractivity contribution in [2.24, 2.45) is 0 Å². The van der Waals surface area contributed by atoms with Gasteiger partial charge in [-0.2, -0.15) is 0 Å². The van der Waals surface area contributed by atoms with Crippen LogP contribution in [0.5, 0.6) is 5.75 Å². The van der Waals surface area contributed by atoms with Gasteiger partial charge in [0.1, 0.15) is 11.6 Å². The number of amides is 1. The Kier molecular flexibility index (Phi) is 6.27. The molecule has 2 aromatic carbocycles. The van der Waals surface area contributed by atoms with Crippen LogP contribution in [0.1, 0.15) is 47.4 Å². The molecule has 0 saturated carbocycles. The molecule has 34 heavy (non-hydrogen) atoms. The summed E-state index contributed by atoms with van der Waals surface area (Å²) in [4.78, 5) is 30.5. The maximum absolute atomic E-state index is 13.3. The molecule has 0 radical (unpaired) electrons. The van der Waals surface area contributed by atoms with E-state index >= 15 is 0 Å². The number of carbonyl (C=O) groups excluding carboxylic acids is 2. The smallest absolute Gasteiger partial charge is 0.229 e. The van der Waals surface area contributed by atoms with E-state index in [-0.39, 0.29) is 34.5 Å². The predicted molar refractivity (Wildman–Crippen MR) is 129 cm³/mol. The summed E-state index contributed by atoms with van der Waals surface area (Å²) in [5.74, 6) is 0.226. The Balaban J connectivity index is 1.46. The summed E-state index contributed by atoms with van der Waals surface area (Å²) in [5, 5.41) is 12.3. The molecule has 0 aliphatic heterocycles. The molecule has 1 heterocycles. The lowest BCUT2D eigenvalue weighted by atomic mass is 9.69. The van der Waals surface area contributed by atoms with Crippen LogP contribution in [0.4, 0.5) is 5.82 Å². The first-order valence-corrected chi connectivity index (χ1v) is 12.7. The molecule has 7 nitrogen and oxygen atoms in total. The van der Waals surface area contributed by atoms with Crippen molar-refractivity contribution in [1.29, 1.82) is 0 Å². The van der Waals surface area contributed by atoms with Crippen molar-refractivity contribution >= 4 is 27.3 Å². The SMILES string of the molecule is CCS(=O)(=O)c1ccc(CC(=O)Nc2ccc3c(n2)CCC(C)(c2ccc(O)cc2)C3=O)cc1. The summed E-state index contributed by atoms with van der Waals surface area (Å²) in [6, 6.07) is 16.3. The number of fused-ring (bicyclic) bond motifs is 1. The van der Waals surface area contributed by atoms with Gasteiger partial charge in [-0.1, -0.05) is 31.2 Å². The minimum atomic E-state index is -3.28. The van der Waals surface area contributed by atoms with Gasteiger partial charge in [0.25, 0.3) is 0 Å². The lowest BCUT2D eigenvalue weighted by Gasteiger charge is -2.33. The second kappa shape index (κ2) is 9.02. The van der Waals surface area contributed by atoms with E-state index in [2.05, 4.69) is 10.3 Å². The third-order valence-corrected chi connectivity index (χ3v) is 8.13. The third-order valence-electron chi connectivity index (χ3n) is 6.38. The van der Waals surface area contributed by atoms with Crippen LogP contribution in [-0.2, 0) is 32.9 Å². The highest BCUT2D eigenvalue weighted by molar-refractivity contribution is 7.91. The summed E-state index contributed by atoms with van der Waals surface area (Å²) in [7, 11) is -3.28. The number of hydrogen-bond donors (Lipinski definition) is 2. The van der Waals surface area contributed by atoms with Gasteiger partial charge in [-0.3, -0.25) is 9.59 Å². The van der Waals surface area contributed by atoms with Gasteiger partial charge >= 0.3 is 0 Å². The summed E-state index contributed by atoms with van der Waals surface area (Å²) < 4.78 is 23.9. The van der Waals surface area contributed by atoms with E-state index in [1.165, 1.54) is 12.1 Å². The van der Waals surface area contributed by atoms with Crippen molar-refractivity contribution in [3.8, 4) is 5.75 Å². The quantitative estimate of drug-likeness (QED) is 0.556. The van der Waals surface area contributed by atoms with Crippen LogP contribution in [0, 0.1) is 0 Å². The Hall–Kier alpha value is -3.52. The topological polar surface area (TPSA) is 113 Å². The van der Waals surface area contributed by atoms with Gasteiger partial charge in [-0.05, 0) is 67.3 Å². The number of pyridine rings is 1. The normalized spacial score (nSPS) is 17.8. The largest absolute Gasteiger partial charge is 0.508 e. The van der Waals surface area contributed by atoms with E-state index in [0.717, 1.165) is 5.56 Å². The summed E-state index contributed by atoms with van der Waals surface area (Å²) in [5.41, 5.74) is 2.01. The Labute approximate surface area is 198 Å². The van der Waals surface area contributed by atoms with Gasteiger partial charge in [0, 0.05) is 5.56 Å². The molecular formula is C26H26N2O5S. The van der Waals surface area contributed by atoms with Crippen LogP contribution in [0.2, 0.25) is 0 Å². The number of aryl methyl sites for hydroxylation is 1. The molecular weight excluding hydrogens is 452 g/mol. The van der Waals surface area contributed by atoms with Gasteiger partial charge in [-0.25, -0.2) is 13.4 Å². The zero-order chi connectivity index (χ0) is 24.5. The molecule has 1 atom stereocenters. The number of sulfone groups is 1. The maximum Gasteiger partial charge on any atom is 0.229 e. The Bertz CT molecular complexity index is 1350. The number of phenols is 1. The van der Waals surface area contributed by atoms with Crippen LogP contribution in [0.15, 0.2) is 65.6 Å². The molecule has 3 aromatic rings. The van der Waals surface area contributed by atoms with Crippen molar-refractivity contribution < 1.29 is 23.1 Å². The summed E-state index contributed by atoms with van der Waals surface area (Å²) in [6.45, 7) is 3.49. The molecule has 1 amide bonds. The molecule has 0 spiro atoms. The maximum atomic E-state index is 13.3. The highest BCUT2D eigenvalue weighted by Gasteiger charge is 2.40. The van der Waals surface area contributed by atoms with E-state index < -0.39 is 15.3 Å². The fourth-order valence-corrected chi connectivity index (χ4v) is 5.09. The number of carbonyl (C=O) groups is 2. The Morgan fingerprint density at radius 1 is 1.06 bits per heavy atom. The average molecular weight is 479 g/mol. The Morgan fingerprint density at radius 3 is 2.38 bits per heavy atom. The first-order chi connectivity index (χ1) is 16.1. The third kappa shape index (κ3) is 4.59. The number of aromatic nitrogens is 1. The van der Waals surface area contributed by atoms with Gasteiger partial charge in [0.05, 0.1) is 28.2 Å². The van der Waals surface area contributed by atoms with Crippen LogP contribution in [0.25, 0.3) is 0 Å². The van der Waals surface area contributed by atoms with E-state index in [9.17, 15) is 23.1 Å². The van der Waals surface area contributed by atoms with Gasteiger partial charge in [-0.15, -0.1) is 0 Å². The molecule has 0 saturated heterocycles. The zero-order valence-electron chi connectivity index (χ0n) is 19.0. The molecule has 1 aliphatic carbocycles. The highest BCUT2D eigenvalue weighted by Crippen LogP contribution is 2.38. The van der Waals surface area contributed by atoms with Crippen molar-refractivity contribution in [3.63, 3.8) is 0 Å². The number of Topliss-reactive ketones (excluding diaryl/α,β-unsaturated/α-hetero) is 1. The lowest BCUT2D eigenvalue weighted by molar-refractivity contribution is -0.115. The standard InChI is InChI=1S/C26H26N2O5S/c1-3-34(32,33)20-10-4-17(5-11-20)16-24(30)28-23-13-12-21-22(27-23)14-15-26(2,25(21)31)18-6-8-19(29)9-7-18/h4-13,29H,3,14-16H2,1-2H3,(H,27,28,30). The summed E-state index contributed by atoms with van der Waals surface area (Å²) >= 11 is 0. The van der Waals surface area contributed by atoms with Gasteiger partial charge in [0.15, 0.2) is 15.6 Å². The van der Waals surface area contributed by atoms with Crippen molar-refractivity contribution in [2.75, 3.05) is 11.1 Å². The summed E-state index contributed by atoms with van der Waals surface area (Å²) in [6.07, 6.45) is 1.22. The van der Waals surface area contributed by atoms with Gasteiger partial charge < -0.3 is 10.4 Å². The number of phenolic OH excluding ortho intramolecular Hbond substituents is 1. The number of benzene rings is 2. The molecule has 1 aromatic heterocycles. The molecule has 0 fully saturated rings. The molecule has 176 valence electrons. The predicted octanol–water partition coefficient (Wildman–Crippen LogP) is 3.85. The molecule has 1 aliphatic rings. The van der Waals surface area contributed by atoms with Crippen LogP contribution in [-0.4, -0.2) is 36.0 Å². The van der Waals surface area contributed by atoms with E-state index in [4.69, 9.17) is 0 Å². The minimum Gasteiger partial charge on any atom is -0.508 e. The van der Waals surface area contributed by atoms with Crippen LogP contribution >= 0.6 is 0 Å². The Morgan fingerprint density at radius 2 is 1.74 bits per heavy atom. The molecule has 8 heteroatoms. The first-order valence-electron chi connectivity index (χ1n) is 11.1. The number of rotatable bonds is 6. The van der Waals surface area contributed by atoms with E-state index in [0.29, 0.717) is 35.5 Å². The van der Waals surface area contributed by atoms with E-state index in [1.807, 2.05) is 6.92 Å². The second-order valence-electron chi connectivity index (χ2n) is 8.67. The monoisotopic (exact) mass is 478 g/mol. The number of aromatic hydroxyl groups is 1. The zero-order valence-corrected chi connectivity index (χ0v) is 19.9. The van der Waals surface area contributed by atoms with Crippen LogP contribution < -0.4 is 5.32 Å². The fraction of sp³-hybridized carbons (Fsp3) is 0.269. The van der Waals surface area contributed by atoms with Crippen molar-refractivity contribution in [1.82, 2.24) is 4.98 Å². The lowest BCUT2D eigenvalue weighted by Crippen LogP contribution is -2.37. The molecule has 0 bridgehead atoms. The number of hydrogen-bond acceptors (Lipinski definition) is 6. The highest BCUT2D eigenvalue weighted by atomic mass is 32.2. The van der Waals surface area contributed by atoms with E-state index in [1.54, 1.807) is 55.5 Å². The second-order valence-corrected chi connectivity index (χ2v) is 10.9. The number of nitrogens with zero attached hydrogens (tertiary/aromatic N) is 1. The van der Waals surface area contributed by atoms with Crippen molar-refractivity contribution in [2.45, 2.75) is 43.4 Å². The number of nitrogens with one attached hydrogen (secondary N) is 1.